The van der Waals surface area contributed by atoms with E-state index in [0.29, 0.717) is 4.77 Å². The monoisotopic (exact) mass is 187 g/mol. The van der Waals surface area contributed by atoms with Gasteiger partial charge in [-0.1, -0.05) is 13.3 Å². The summed E-state index contributed by atoms with van der Waals surface area (Å²) in [7, 11) is 0. The molecule has 0 spiro atoms. The molecule has 0 bridgehead atoms. The number of aromatic nitrogens is 3. The third-order valence-corrected chi connectivity index (χ3v) is 2.16. The second kappa shape index (κ2) is 3.71. The van der Waals surface area contributed by atoms with Crippen LogP contribution in [0.3, 0.4) is 0 Å². The van der Waals surface area contributed by atoms with Crippen molar-refractivity contribution in [3.63, 3.8) is 0 Å². The Balaban J connectivity index is 3.01. The van der Waals surface area contributed by atoms with Crippen LogP contribution >= 0.6 is 12.2 Å². The van der Waals surface area contributed by atoms with Gasteiger partial charge >= 0.3 is 5.69 Å². The average Bonchev–Trinajstić information content (AvgIpc) is 2.32. The Hall–Kier alpha value is -0.840. The maximum absolute atomic E-state index is 11.2. The molecule has 0 saturated carbocycles. The summed E-state index contributed by atoms with van der Waals surface area (Å²) in [5.41, 5.74) is -0.152. The molecule has 1 unspecified atom stereocenters. The number of hydrogen-bond acceptors (Lipinski definition) is 2. The molecule has 0 fully saturated rings. The predicted molar refractivity (Wildman–Crippen MR) is 49.9 cm³/mol. The second-order valence-corrected chi connectivity index (χ2v) is 3.25. The molecular weight excluding hydrogens is 174 g/mol. The lowest BCUT2D eigenvalue weighted by Gasteiger charge is -2.08. The molecule has 1 rings (SSSR count). The van der Waals surface area contributed by atoms with Crippen molar-refractivity contribution in [3.05, 3.63) is 15.3 Å². The fourth-order valence-electron chi connectivity index (χ4n) is 1.27. The van der Waals surface area contributed by atoms with Gasteiger partial charge in [-0.3, -0.25) is 9.67 Å². The first-order chi connectivity index (χ1) is 5.66. The molecule has 68 valence electrons. The summed E-state index contributed by atoms with van der Waals surface area (Å²) >= 11 is 4.94. The summed E-state index contributed by atoms with van der Waals surface area (Å²) in [6.45, 7) is 4.07. The molecule has 0 aromatic carbocycles. The Bertz CT molecular complexity index is 321. The number of hydrogen-bond donors (Lipinski definition) is 2. The molecule has 0 aliphatic rings. The third kappa shape index (κ3) is 1.66. The normalized spacial score (nSPS) is 13.2. The molecule has 0 aliphatic heterocycles. The topological polar surface area (TPSA) is 53.6 Å². The van der Waals surface area contributed by atoms with E-state index in [-0.39, 0.29) is 11.7 Å². The van der Waals surface area contributed by atoms with Crippen LogP contribution in [0.1, 0.15) is 32.7 Å². The van der Waals surface area contributed by atoms with Crippen molar-refractivity contribution < 1.29 is 0 Å². The van der Waals surface area contributed by atoms with Crippen molar-refractivity contribution >= 4 is 12.2 Å². The second-order valence-electron chi connectivity index (χ2n) is 2.87. The van der Waals surface area contributed by atoms with Gasteiger partial charge in [0, 0.05) is 6.04 Å². The number of aromatic amines is 2. The van der Waals surface area contributed by atoms with Crippen molar-refractivity contribution in [2.24, 2.45) is 0 Å². The Morgan fingerprint density at radius 3 is 2.67 bits per heavy atom. The van der Waals surface area contributed by atoms with Crippen LogP contribution < -0.4 is 5.69 Å². The summed E-state index contributed by atoms with van der Waals surface area (Å²) in [6.07, 6.45) is 2.02. The van der Waals surface area contributed by atoms with Crippen molar-refractivity contribution in [3.8, 4) is 0 Å². The van der Waals surface area contributed by atoms with Gasteiger partial charge in [0.15, 0.2) is 4.77 Å². The van der Waals surface area contributed by atoms with E-state index in [2.05, 4.69) is 17.1 Å². The largest absolute Gasteiger partial charge is 0.342 e. The summed E-state index contributed by atoms with van der Waals surface area (Å²) in [4.78, 5) is 11.2. The van der Waals surface area contributed by atoms with Gasteiger partial charge in [-0.05, 0) is 25.6 Å². The Labute approximate surface area is 75.6 Å². The van der Waals surface area contributed by atoms with Crippen LogP contribution in [0.4, 0.5) is 0 Å². The van der Waals surface area contributed by atoms with E-state index in [1.54, 1.807) is 4.57 Å². The maximum atomic E-state index is 11.2. The highest BCUT2D eigenvalue weighted by Gasteiger charge is 2.07. The van der Waals surface area contributed by atoms with Crippen molar-refractivity contribution in [1.29, 1.82) is 0 Å². The number of nitrogens with zero attached hydrogens (tertiary/aromatic N) is 1. The molecule has 12 heavy (non-hydrogen) atoms. The van der Waals surface area contributed by atoms with Crippen LogP contribution in [0, 0.1) is 4.77 Å². The summed E-state index contributed by atoms with van der Waals surface area (Å²) < 4.78 is 2.04. The van der Waals surface area contributed by atoms with E-state index >= 15 is 0 Å². The standard InChI is InChI=1S/C7H13N3OS/c1-3-4-5(2)10-6(11)8-9-7(10)12/h5H,3-4H2,1-2H3,(H,8,11)(H,9,12). The van der Waals surface area contributed by atoms with Crippen LogP contribution in [0.25, 0.3) is 0 Å². The van der Waals surface area contributed by atoms with E-state index in [1.807, 2.05) is 6.92 Å². The summed E-state index contributed by atoms with van der Waals surface area (Å²) in [5, 5.41) is 5.07. The Morgan fingerprint density at radius 2 is 2.25 bits per heavy atom. The number of nitrogens with one attached hydrogen (secondary N) is 2. The highest BCUT2D eigenvalue weighted by molar-refractivity contribution is 7.71. The van der Waals surface area contributed by atoms with E-state index in [9.17, 15) is 4.79 Å². The van der Waals surface area contributed by atoms with Gasteiger partial charge in [0.2, 0.25) is 0 Å². The minimum Gasteiger partial charge on any atom is -0.272 e. The lowest BCUT2D eigenvalue weighted by molar-refractivity contribution is 0.482. The predicted octanol–water partition coefficient (Wildman–Crippen LogP) is 1.60. The fourth-order valence-corrected chi connectivity index (χ4v) is 1.58. The van der Waals surface area contributed by atoms with E-state index in [1.165, 1.54) is 0 Å². The molecule has 0 saturated heterocycles. The number of rotatable bonds is 3. The molecule has 1 aromatic rings. The minimum atomic E-state index is -0.152. The fraction of sp³-hybridized carbons (Fsp3) is 0.714. The van der Waals surface area contributed by atoms with Crippen molar-refractivity contribution in [2.75, 3.05) is 0 Å². The lowest BCUT2D eigenvalue weighted by atomic mass is 10.2. The molecular formula is C7H13N3OS. The van der Waals surface area contributed by atoms with Gasteiger partial charge in [-0.2, -0.15) is 0 Å². The van der Waals surface area contributed by atoms with Crippen LogP contribution in [0.2, 0.25) is 0 Å². The third-order valence-electron chi connectivity index (χ3n) is 1.86. The molecule has 1 heterocycles. The van der Waals surface area contributed by atoms with Gasteiger partial charge in [-0.15, -0.1) is 0 Å². The van der Waals surface area contributed by atoms with Crippen LogP contribution in [0.15, 0.2) is 4.79 Å². The first-order valence-corrected chi connectivity index (χ1v) is 4.46. The smallest absolute Gasteiger partial charge is 0.272 e. The summed E-state index contributed by atoms with van der Waals surface area (Å²) in [5.74, 6) is 0. The first kappa shape index (κ1) is 9.25. The zero-order chi connectivity index (χ0) is 9.14. The number of H-pyrrole nitrogens is 2. The van der Waals surface area contributed by atoms with Crippen LogP contribution in [-0.2, 0) is 0 Å². The van der Waals surface area contributed by atoms with Gasteiger partial charge in [0.25, 0.3) is 0 Å². The van der Waals surface area contributed by atoms with Gasteiger partial charge in [0.05, 0.1) is 0 Å². The maximum Gasteiger partial charge on any atom is 0.342 e. The highest BCUT2D eigenvalue weighted by atomic mass is 32.1. The Morgan fingerprint density at radius 1 is 1.58 bits per heavy atom. The zero-order valence-corrected chi connectivity index (χ0v) is 8.07. The summed E-state index contributed by atoms with van der Waals surface area (Å²) in [6, 6.07) is 0.178. The zero-order valence-electron chi connectivity index (χ0n) is 7.26. The molecule has 0 amide bonds. The average molecular weight is 187 g/mol. The minimum absolute atomic E-state index is 0.152. The van der Waals surface area contributed by atoms with Crippen LogP contribution in [-0.4, -0.2) is 14.8 Å². The molecule has 2 N–H and O–H groups in total. The SMILES string of the molecule is CCCC(C)n1c(=O)[nH][nH]c1=S. The van der Waals surface area contributed by atoms with E-state index < -0.39 is 0 Å². The lowest BCUT2D eigenvalue weighted by Crippen LogP contribution is -2.20. The molecule has 4 nitrogen and oxygen atoms in total. The van der Waals surface area contributed by atoms with Gasteiger partial charge in [0.1, 0.15) is 0 Å². The molecule has 0 aliphatic carbocycles. The molecule has 1 atom stereocenters. The van der Waals surface area contributed by atoms with Crippen LogP contribution in [0.5, 0.6) is 0 Å². The van der Waals surface area contributed by atoms with Gasteiger partial charge < -0.3 is 0 Å². The van der Waals surface area contributed by atoms with E-state index in [4.69, 9.17) is 12.2 Å². The first-order valence-electron chi connectivity index (χ1n) is 4.06. The molecule has 5 heteroatoms. The quantitative estimate of drug-likeness (QED) is 0.706. The van der Waals surface area contributed by atoms with Gasteiger partial charge in [-0.25, -0.2) is 9.89 Å². The molecule has 1 aromatic heterocycles. The van der Waals surface area contributed by atoms with Crippen molar-refractivity contribution in [2.45, 2.75) is 32.7 Å². The van der Waals surface area contributed by atoms with Crippen molar-refractivity contribution in [1.82, 2.24) is 14.8 Å². The molecule has 0 radical (unpaired) electrons. The highest BCUT2D eigenvalue weighted by Crippen LogP contribution is 2.09. The Kier molecular flexibility index (Phi) is 2.86. The van der Waals surface area contributed by atoms with E-state index in [0.717, 1.165) is 12.8 Å².